The molecule has 1 N–H and O–H groups in total. The standard InChI is InChI=1S/C16H17F2NO/c1-3-19-16(11-4-6-12(17)7-5-11)14-9-8-13(20-2)10-15(14)18/h4-10,16,19H,3H2,1-2H3. The fourth-order valence-corrected chi connectivity index (χ4v) is 2.14. The molecule has 0 aliphatic heterocycles. The predicted molar refractivity (Wildman–Crippen MR) is 74.9 cm³/mol. The maximum absolute atomic E-state index is 14.2. The highest BCUT2D eigenvalue weighted by molar-refractivity contribution is 5.36. The summed E-state index contributed by atoms with van der Waals surface area (Å²) in [6, 6.07) is 10.5. The van der Waals surface area contributed by atoms with Crippen LogP contribution in [0.1, 0.15) is 24.1 Å². The van der Waals surface area contributed by atoms with Crippen molar-refractivity contribution in [3.8, 4) is 5.75 Å². The molecule has 0 radical (unpaired) electrons. The fourth-order valence-electron chi connectivity index (χ4n) is 2.14. The smallest absolute Gasteiger partial charge is 0.132 e. The second-order valence-corrected chi connectivity index (χ2v) is 4.43. The average molecular weight is 277 g/mol. The molecule has 20 heavy (non-hydrogen) atoms. The van der Waals surface area contributed by atoms with Crippen LogP contribution >= 0.6 is 0 Å². The number of nitrogens with one attached hydrogen (secondary N) is 1. The molecule has 0 heterocycles. The van der Waals surface area contributed by atoms with Crippen LogP contribution in [0.3, 0.4) is 0 Å². The minimum absolute atomic E-state index is 0.306. The van der Waals surface area contributed by atoms with Crippen molar-refractivity contribution in [2.75, 3.05) is 13.7 Å². The third kappa shape index (κ3) is 3.14. The molecule has 0 fully saturated rings. The van der Waals surface area contributed by atoms with Gasteiger partial charge in [0.2, 0.25) is 0 Å². The van der Waals surface area contributed by atoms with E-state index in [1.807, 2.05) is 6.92 Å². The van der Waals surface area contributed by atoms with Gasteiger partial charge in [-0.15, -0.1) is 0 Å². The normalized spacial score (nSPS) is 12.2. The maximum atomic E-state index is 14.2. The molecule has 0 aliphatic rings. The molecule has 1 unspecified atom stereocenters. The van der Waals surface area contributed by atoms with Crippen molar-refractivity contribution in [2.45, 2.75) is 13.0 Å². The summed E-state index contributed by atoms with van der Waals surface area (Å²) in [5.41, 5.74) is 1.33. The molecule has 0 saturated carbocycles. The molecular formula is C16H17F2NO. The summed E-state index contributed by atoms with van der Waals surface area (Å²) in [4.78, 5) is 0. The highest BCUT2D eigenvalue weighted by atomic mass is 19.1. The molecule has 0 aliphatic carbocycles. The summed E-state index contributed by atoms with van der Waals surface area (Å²) < 4.78 is 32.2. The van der Waals surface area contributed by atoms with Gasteiger partial charge in [-0.3, -0.25) is 0 Å². The van der Waals surface area contributed by atoms with Gasteiger partial charge < -0.3 is 10.1 Å². The number of hydrogen-bond donors (Lipinski definition) is 1. The van der Waals surface area contributed by atoms with Crippen molar-refractivity contribution in [3.63, 3.8) is 0 Å². The van der Waals surface area contributed by atoms with E-state index in [2.05, 4.69) is 5.32 Å². The van der Waals surface area contributed by atoms with E-state index in [0.29, 0.717) is 17.9 Å². The Morgan fingerprint density at radius 2 is 1.80 bits per heavy atom. The molecule has 2 aromatic rings. The fraction of sp³-hybridized carbons (Fsp3) is 0.250. The lowest BCUT2D eigenvalue weighted by atomic mass is 9.98. The van der Waals surface area contributed by atoms with Gasteiger partial charge in [0, 0.05) is 11.6 Å². The second kappa shape index (κ2) is 6.48. The molecular weight excluding hydrogens is 260 g/mol. The minimum Gasteiger partial charge on any atom is -0.497 e. The van der Waals surface area contributed by atoms with Crippen LogP contribution in [0.25, 0.3) is 0 Å². The van der Waals surface area contributed by atoms with Gasteiger partial charge in [-0.25, -0.2) is 8.78 Å². The summed E-state index contributed by atoms with van der Waals surface area (Å²) in [5, 5.41) is 3.21. The van der Waals surface area contributed by atoms with E-state index < -0.39 is 0 Å². The molecule has 106 valence electrons. The number of rotatable bonds is 5. The van der Waals surface area contributed by atoms with Gasteiger partial charge in [0.15, 0.2) is 0 Å². The predicted octanol–water partition coefficient (Wildman–Crippen LogP) is 3.67. The third-order valence-electron chi connectivity index (χ3n) is 3.13. The number of halogens is 2. The Kier molecular flexibility index (Phi) is 4.69. The van der Waals surface area contributed by atoms with E-state index in [4.69, 9.17) is 4.74 Å². The van der Waals surface area contributed by atoms with Crippen LogP contribution in [-0.4, -0.2) is 13.7 Å². The van der Waals surface area contributed by atoms with Crippen molar-refractivity contribution in [1.82, 2.24) is 5.32 Å². The third-order valence-corrected chi connectivity index (χ3v) is 3.13. The largest absolute Gasteiger partial charge is 0.497 e. The first-order valence-corrected chi connectivity index (χ1v) is 6.48. The maximum Gasteiger partial charge on any atom is 0.132 e. The summed E-state index contributed by atoms with van der Waals surface area (Å²) in [6.07, 6.45) is 0. The summed E-state index contributed by atoms with van der Waals surface area (Å²) >= 11 is 0. The van der Waals surface area contributed by atoms with Crippen LogP contribution in [0.5, 0.6) is 5.75 Å². The van der Waals surface area contributed by atoms with Crippen LogP contribution in [0.4, 0.5) is 8.78 Å². The van der Waals surface area contributed by atoms with Crippen molar-refractivity contribution in [1.29, 1.82) is 0 Å². The number of hydrogen-bond acceptors (Lipinski definition) is 2. The molecule has 2 aromatic carbocycles. The van der Waals surface area contributed by atoms with Crippen molar-refractivity contribution >= 4 is 0 Å². The molecule has 1 atom stereocenters. The Bertz CT molecular complexity index is 569. The van der Waals surface area contributed by atoms with Crippen LogP contribution in [0.15, 0.2) is 42.5 Å². The van der Waals surface area contributed by atoms with Crippen molar-refractivity contribution in [3.05, 3.63) is 65.2 Å². The zero-order valence-corrected chi connectivity index (χ0v) is 11.5. The van der Waals surface area contributed by atoms with Gasteiger partial charge in [0.25, 0.3) is 0 Å². The molecule has 2 nitrogen and oxygen atoms in total. The lowest BCUT2D eigenvalue weighted by Gasteiger charge is -2.20. The Labute approximate surface area is 117 Å². The monoisotopic (exact) mass is 277 g/mol. The van der Waals surface area contributed by atoms with Gasteiger partial charge >= 0.3 is 0 Å². The topological polar surface area (TPSA) is 21.3 Å². The zero-order valence-electron chi connectivity index (χ0n) is 11.5. The number of benzene rings is 2. The van der Waals surface area contributed by atoms with Gasteiger partial charge in [0.05, 0.1) is 13.2 Å². The van der Waals surface area contributed by atoms with Crippen molar-refractivity contribution in [2.24, 2.45) is 0 Å². The summed E-state index contributed by atoms with van der Waals surface area (Å²) in [7, 11) is 1.50. The molecule has 0 spiro atoms. The van der Waals surface area contributed by atoms with E-state index in [-0.39, 0.29) is 17.7 Å². The van der Waals surface area contributed by atoms with Crippen LogP contribution in [0.2, 0.25) is 0 Å². The lowest BCUT2D eigenvalue weighted by Crippen LogP contribution is -2.23. The van der Waals surface area contributed by atoms with Gasteiger partial charge in [0.1, 0.15) is 17.4 Å². The molecule has 2 rings (SSSR count). The van der Waals surface area contributed by atoms with Crippen molar-refractivity contribution < 1.29 is 13.5 Å². The molecule has 0 saturated heterocycles. The highest BCUT2D eigenvalue weighted by Gasteiger charge is 2.17. The van der Waals surface area contributed by atoms with E-state index in [9.17, 15) is 8.78 Å². The van der Waals surface area contributed by atoms with Gasteiger partial charge in [-0.05, 0) is 30.3 Å². The van der Waals surface area contributed by atoms with E-state index in [0.717, 1.165) is 5.56 Å². The van der Waals surface area contributed by atoms with E-state index in [1.54, 1.807) is 24.3 Å². The Morgan fingerprint density at radius 3 is 2.35 bits per heavy atom. The van der Waals surface area contributed by atoms with E-state index >= 15 is 0 Å². The van der Waals surface area contributed by atoms with Crippen LogP contribution in [0, 0.1) is 11.6 Å². The van der Waals surface area contributed by atoms with E-state index in [1.165, 1.54) is 25.3 Å². The second-order valence-electron chi connectivity index (χ2n) is 4.43. The molecule has 0 aromatic heterocycles. The van der Waals surface area contributed by atoms with Crippen LogP contribution < -0.4 is 10.1 Å². The zero-order chi connectivity index (χ0) is 14.5. The van der Waals surface area contributed by atoms with Gasteiger partial charge in [-0.1, -0.05) is 25.1 Å². The Balaban J connectivity index is 2.40. The quantitative estimate of drug-likeness (QED) is 0.900. The number of methoxy groups -OCH3 is 1. The van der Waals surface area contributed by atoms with Gasteiger partial charge in [-0.2, -0.15) is 0 Å². The summed E-state index contributed by atoms with van der Waals surface area (Å²) in [5.74, 6) is -0.181. The first-order chi connectivity index (χ1) is 9.65. The molecule has 4 heteroatoms. The molecule has 0 bridgehead atoms. The SMILES string of the molecule is CCNC(c1ccc(F)cc1)c1ccc(OC)cc1F. The first kappa shape index (κ1) is 14.5. The first-order valence-electron chi connectivity index (χ1n) is 6.48. The average Bonchev–Trinajstić information content (AvgIpc) is 2.46. The highest BCUT2D eigenvalue weighted by Crippen LogP contribution is 2.27. The summed E-state index contributed by atoms with van der Waals surface area (Å²) in [6.45, 7) is 2.62. The minimum atomic E-state index is -0.348. The lowest BCUT2D eigenvalue weighted by molar-refractivity contribution is 0.410. The Morgan fingerprint density at radius 1 is 1.10 bits per heavy atom. The van der Waals surface area contributed by atoms with Crippen LogP contribution in [-0.2, 0) is 0 Å². The molecule has 0 amide bonds. The Hall–Kier alpha value is -1.94. The number of ether oxygens (including phenoxy) is 1.